The number of hydrogen-bond acceptors (Lipinski definition) is 0. The van der Waals surface area contributed by atoms with Crippen LogP contribution in [-0.2, 0) is 6.54 Å². The second-order valence-electron chi connectivity index (χ2n) is 5.88. The molecule has 2 aromatic carbocycles. The third kappa shape index (κ3) is 2.24. The van der Waals surface area contributed by atoms with Crippen molar-refractivity contribution in [2.75, 3.05) is 0 Å². The van der Waals surface area contributed by atoms with Crippen LogP contribution in [0.15, 0.2) is 42.6 Å². The van der Waals surface area contributed by atoms with Gasteiger partial charge in [0.25, 0.3) is 0 Å². The van der Waals surface area contributed by atoms with Gasteiger partial charge in [0.1, 0.15) is 0 Å². The minimum Gasteiger partial charge on any atom is -0.343 e. The van der Waals surface area contributed by atoms with Crippen LogP contribution in [0.3, 0.4) is 0 Å². The van der Waals surface area contributed by atoms with Crippen molar-refractivity contribution in [3.05, 3.63) is 70.4 Å². The van der Waals surface area contributed by atoms with Gasteiger partial charge in [-0.25, -0.2) is 0 Å². The fourth-order valence-corrected chi connectivity index (χ4v) is 3.09. The molecule has 0 saturated heterocycles. The van der Waals surface area contributed by atoms with Crippen LogP contribution in [-0.4, -0.2) is 4.57 Å². The molecule has 0 saturated carbocycles. The number of nitrogens with zero attached hydrogens (tertiary/aromatic N) is 1. The molecule has 3 aromatic rings. The van der Waals surface area contributed by atoms with E-state index >= 15 is 0 Å². The van der Waals surface area contributed by atoms with Gasteiger partial charge in [-0.2, -0.15) is 0 Å². The zero-order valence-corrected chi connectivity index (χ0v) is 12.7. The van der Waals surface area contributed by atoms with Crippen LogP contribution in [0.2, 0.25) is 0 Å². The Morgan fingerprint density at radius 1 is 0.800 bits per heavy atom. The smallest absolute Gasteiger partial charge is 0.0483 e. The summed E-state index contributed by atoms with van der Waals surface area (Å²) in [6.45, 7) is 9.68. The Balaban J connectivity index is 2.06. The molecule has 1 nitrogen and oxygen atoms in total. The molecule has 102 valence electrons. The van der Waals surface area contributed by atoms with E-state index in [2.05, 4.69) is 74.9 Å². The molecule has 0 spiro atoms. The molecule has 0 radical (unpaired) electrons. The molecule has 20 heavy (non-hydrogen) atoms. The number of hydrogen-bond donors (Lipinski definition) is 0. The minimum absolute atomic E-state index is 0.949. The van der Waals surface area contributed by atoms with E-state index in [0.717, 1.165) is 6.54 Å². The lowest BCUT2D eigenvalue weighted by Gasteiger charge is -2.13. The molecule has 0 bridgehead atoms. The summed E-state index contributed by atoms with van der Waals surface area (Å²) >= 11 is 0. The van der Waals surface area contributed by atoms with Crippen molar-refractivity contribution >= 4 is 10.9 Å². The van der Waals surface area contributed by atoms with Gasteiger partial charge in [-0.1, -0.05) is 29.3 Å². The average Bonchev–Trinajstić information content (AvgIpc) is 2.76. The first-order valence-corrected chi connectivity index (χ1v) is 7.17. The molecule has 0 aliphatic carbocycles. The zero-order valence-electron chi connectivity index (χ0n) is 12.7. The van der Waals surface area contributed by atoms with E-state index in [1.807, 2.05) is 0 Å². The first-order valence-electron chi connectivity index (χ1n) is 7.17. The SMILES string of the molecule is Cc1cc(C)c(Cn2ccc3cc(C)ccc32)c(C)c1. The largest absolute Gasteiger partial charge is 0.343 e. The van der Waals surface area contributed by atoms with E-state index < -0.39 is 0 Å². The normalized spacial score (nSPS) is 11.2. The first kappa shape index (κ1) is 13.0. The topological polar surface area (TPSA) is 4.93 Å². The summed E-state index contributed by atoms with van der Waals surface area (Å²) < 4.78 is 2.35. The maximum absolute atomic E-state index is 2.35. The number of rotatable bonds is 2. The molecule has 1 heteroatoms. The van der Waals surface area contributed by atoms with Crippen LogP contribution in [0.4, 0.5) is 0 Å². The van der Waals surface area contributed by atoms with Gasteiger partial charge in [0, 0.05) is 18.3 Å². The second kappa shape index (κ2) is 4.82. The molecular weight excluding hydrogens is 242 g/mol. The van der Waals surface area contributed by atoms with Gasteiger partial charge in [-0.05, 0) is 68.0 Å². The molecule has 0 fully saturated rings. The van der Waals surface area contributed by atoms with E-state index in [9.17, 15) is 0 Å². The Kier molecular flexibility index (Phi) is 3.13. The summed E-state index contributed by atoms with van der Waals surface area (Å²) in [7, 11) is 0. The lowest BCUT2D eigenvalue weighted by atomic mass is 10.00. The predicted molar refractivity (Wildman–Crippen MR) is 86.4 cm³/mol. The van der Waals surface area contributed by atoms with Gasteiger partial charge in [0.05, 0.1) is 0 Å². The molecule has 1 aromatic heterocycles. The van der Waals surface area contributed by atoms with E-state index in [0.29, 0.717) is 0 Å². The summed E-state index contributed by atoms with van der Waals surface area (Å²) in [4.78, 5) is 0. The van der Waals surface area contributed by atoms with Crippen LogP contribution in [0, 0.1) is 27.7 Å². The van der Waals surface area contributed by atoms with Crippen molar-refractivity contribution in [1.29, 1.82) is 0 Å². The van der Waals surface area contributed by atoms with Gasteiger partial charge in [-0.15, -0.1) is 0 Å². The predicted octanol–water partition coefficient (Wildman–Crippen LogP) is 4.92. The standard InChI is InChI=1S/C19H21N/c1-13-5-6-19-17(11-13)7-8-20(19)12-18-15(3)9-14(2)10-16(18)4/h5-11H,12H2,1-4H3. The van der Waals surface area contributed by atoms with Crippen molar-refractivity contribution in [2.24, 2.45) is 0 Å². The molecule has 0 atom stereocenters. The summed E-state index contributed by atoms with van der Waals surface area (Å²) in [6.07, 6.45) is 2.20. The molecule has 3 rings (SSSR count). The Bertz CT molecular complexity index is 755. The third-order valence-electron chi connectivity index (χ3n) is 4.10. The minimum atomic E-state index is 0.949. The molecule has 0 unspecified atom stereocenters. The van der Waals surface area contributed by atoms with Gasteiger partial charge < -0.3 is 4.57 Å². The van der Waals surface area contributed by atoms with Crippen LogP contribution in [0.5, 0.6) is 0 Å². The molecule has 0 amide bonds. The third-order valence-corrected chi connectivity index (χ3v) is 4.10. The first-order chi connectivity index (χ1) is 9.54. The number of benzene rings is 2. The summed E-state index contributed by atoms with van der Waals surface area (Å²) in [6, 6.07) is 13.4. The summed E-state index contributed by atoms with van der Waals surface area (Å²) in [5.41, 5.74) is 8.19. The molecular formula is C19H21N. The van der Waals surface area contributed by atoms with Crippen molar-refractivity contribution < 1.29 is 0 Å². The fourth-order valence-electron chi connectivity index (χ4n) is 3.09. The Morgan fingerprint density at radius 3 is 2.20 bits per heavy atom. The van der Waals surface area contributed by atoms with E-state index in [-0.39, 0.29) is 0 Å². The Hall–Kier alpha value is -2.02. The van der Waals surface area contributed by atoms with Gasteiger partial charge >= 0.3 is 0 Å². The van der Waals surface area contributed by atoms with Crippen LogP contribution in [0.25, 0.3) is 10.9 Å². The quantitative estimate of drug-likeness (QED) is 0.618. The lowest BCUT2D eigenvalue weighted by Crippen LogP contribution is -2.03. The average molecular weight is 263 g/mol. The highest BCUT2D eigenvalue weighted by molar-refractivity contribution is 5.81. The van der Waals surface area contributed by atoms with Crippen molar-refractivity contribution in [3.8, 4) is 0 Å². The number of aromatic nitrogens is 1. The van der Waals surface area contributed by atoms with Gasteiger partial charge in [0.2, 0.25) is 0 Å². The highest BCUT2D eigenvalue weighted by Gasteiger charge is 2.07. The maximum atomic E-state index is 2.35. The summed E-state index contributed by atoms with van der Waals surface area (Å²) in [5, 5.41) is 1.33. The van der Waals surface area contributed by atoms with Crippen LogP contribution < -0.4 is 0 Å². The van der Waals surface area contributed by atoms with E-state index in [4.69, 9.17) is 0 Å². The van der Waals surface area contributed by atoms with Crippen molar-refractivity contribution in [1.82, 2.24) is 4.57 Å². The van der Waals surface area contributed by atoms with Crippen molar-refractivity contribution in [2.45, 2.75) is 34.2 Å². The van der Waals surface area contributed by atoms with Crippen LogP contribution >= 0.6 is 0 Å². The number of aryl methyl sites for hydroxylation is 4. The lowest BCUT2D eigenvalue weighted by molar-refractivity contribution is 0.823. The van der Waals surface area contributed by atoms with Gasteiger partial charge in [0.15, 0.2) is 0 Å². The van der Waals surface area contributed by atoms with Gasteiger partial charge in [-0.3, -0.25) is 0 Å². The second-order valence-corrected chi connectivity index (χ2v) is 5.88. The molecule has 0 aliphatic heterocycles. The Labute approximate surface area is 120 Å². The van der Waals surface area contributed by atoms with E-state index in [1.54, 1.807) is 0 Å². The maximum Gasteiger partial charge on any atom is 0.0483 e. The Morgan fingerprint density at radius 2 is 1.50 bits per heavy atom. The number of fused-ring (bicyclic) bond motifs is 1. The van der Waals surface area contributed by atoms with Crippen LogP contribution in [0.1, 0.15) is 27.8 Å². The van der Waals surface area contributed by atoms with E-state index in [1.165, 1.54) is 38.7 Å². The molecule has 0 aliphatic rings. The molecule has 0 N–H and O–H groups in total. The zero-order chi connectivity index (χ0) is 14.3. The monoisotopic (exact) mass is 263 g/mol. The highest BCUT2D eigenvalue weighted by Crippen LogP contribution is 2.22. The highest BCUT2D eigenvalue weighted by atomic mass is 14.9. The molecule has 1 heterocycles. The summed E-state index contributed by atoms with van der Waals surface area (Å²) in [5.74, 6) is 0. The van der Waals surface area contributed by atoms with Crippen molar-refractivity contribution in [3.63, 3.8) is 0 Å². The fraction of sp³-hybridized carbons (Fsp3) is 0.263.